The number of aryl methyl sites for hydroxylation is 1. The van der Waals surface area contributed by atoms with Gasteiger partial charge in [0.1, 0.15) is 0 Å². The van der Waals surface area contributed by atoms with Gasteiger partial charge in [-0.15, -0.1) is 24.0 Å². The Bertz CT molecular complexity index is 909. The Morgan fingerprint density at radius 2 is 1.78 bits per heavy atom. The Kier molecular flexibility index (Phi) is 10.5. The lowest BCUT2D eigenvalue weighted by atomic mass is 10.1. The summed E-state index contributed by atoms with van der Waals surface area (Å²) in [5.74, 6) is 0.526. The van der Waals surface area contributed by atoms with Crippen LogP contribution in [0.15, 0.2) is 35.5 Å². The van der Waals surface area contributed by atoms with Gasteiger partial charge in [-0.1, -0.05) is 13.8 Å². The molecule has 1 heterocycles. The number of benzene rings is 1. The predicted molar refractivity (Wildman–Crippen MR) is 129 cm³/mol. The number of hydrogen-bond donors (Lipinski definition) is 2. The summed E-state index contributed by atoms with van der Waals surface area (Å²) in [5, 5.41) is 10.4. The molecule has 1 aromatic heterocycles. The highest BCUT2D eigenvalue weighted by Gasteiger charge is 2.30. The zero-order chi connectivity index (χ0) is 23.2. The van der Waals surface area contributed by atoms with Gasteiger partial charge in [0.15, 0.2) is 5.96 Å². The summed E-state index contributed by atoms with van der Waals surface area (Å²) >= 11 is 0. The number of guanidine groups is 1. The molecule has 0 aliphatic rings. The van der Waals surface area contributed by atoms with Crippen molar-refractivity contribution in [2.75, 3.05) is 27.2 Å². The van der Waals surface area contributed by atoms with Crippen molar-refractivity contribution in [3.63, 3.8) is 0 Å². The minimum absolute atomic E-state index is 0. The average molecular weight is 566 g/mol. The second-order valence-corrected chi connectivity index (χ2v) is 7.53. The molecule has 0 radical (unpaired) electrons. The Balaban J connectivity index is 0.00000512. The van der Waals surface area contributed by atoms with Crippen LogP contribution < -0.4 is 10.6 Å². The van der Waals surface area contributed by atoms with Gasteiger partial charge >= 0.3 is 6.18 Å². The van der Waals surface area contributed by atoms with Crippen LogP contribution in [-0.2, 0) is 19.8 Å². The molecule has 0 unspecified atom stereocenters. The lowest BCUT2D eigenvalue weighted by Gasteiger charge is -2.22. The van der Waals surface area contributed by atoms with Crippen LogP contribution in [0.4, 0.5) is 13.2 Å². The summed E-state index contributed by atoms with van der Waals surface area (Å²) in [6.45, 7) is 5.51. The third-order valence-electron chi connectivity index (χ3n) is 4.63. The van der Waals surface area contributed by atoms with Crippen LogP contribution in [0.5, 0.6) is 0 Å². The molecule has 178 valence electrons. The molecule has 1 aromatic carbocycles. The third-order valence-corrected chi connectivity index (χ3v) is 4.63. The number of alkyl halides is 3. The fourth-order valence-electron chi connectivity index (χ4n) is 3.14. The lowest BCUT2D eigenvalue weighted by Crippen LogP contribution is -2.42. The van der Waals surface area contributed by atoms with Gasteiger partial charge in [0.25, 0.3) is 5.91 Å². The zero-order valence-electron chi connectivity index (χ0n) is 18.8. The van der Waals surface area contributed by atoms with Crippen LogP contribution in [-0.4, -0.2) is 53.7 Å². The van der Waals surface area contributed by atoms with Crippen LogP contribution in [0, 0.1) is 0 Å². The summed E-state index contributed by atoms with van der Waals surface area (Å²) in [4.78, 5) is 18.3. The van der Waals surface area contributed by atoms with Crippen molar-refractivity contribution in [2.45, 2.75) is 32.5 Å². The molecule has 1 amide bonds. The van der Waals surface area contributed by atoms with Crippen LogP contribution in [0.3, 0.4) is 0 Å². The summed E-state index contributed by atoms with van der Waals surface area (Å²) in [6, 6.07) is 4.12. The van der Waals surface area contributed by atoms with Crippen LogP contribution in [0.2, 0.25) is 0 Å². The monoisotopic (exact) mass is 566 g/mol. The lowest BCUT2D eigenvalue weighted by molar-refractivity contribution is -0.137. The number of rotatable bonds is 7. The second kappa shape index (κ2) is 12.1. The molecule has 2 aromatic rings. The highest BCUT2D eigenvalue weighted by Crippen LogP contribution is 2.29. The van der Waals surface area contributed by atoms with E-state index in [-0.39, 0.29) is 36.1 Å². The van der Waals surface area contributed by atoms with E-state index >= 15 is 0 Å². The fourth-order valence-corrected chi connectivity index (χ4v) is 3.14. The Morgan fingerprint density at radius 3 is 2.31 bits per heavy atom. The van der Waals surface area contributed by atoms with Crippen molar-refractivity contribution in [2.24, 2.45) is 12.0 Å². The molecule has 0 spiro atoms. The van der Waals surface area contributed by atoms with E-state index in [0.717, 1.165) is 23.4 Å². The number of halogens is 4. The van der Waals surface area contributed by atoms with Gasteiger partial charge < -0.3 is 15.5 Å². The van der Waals surface area contributed by atoms with E-state index in [0.29, 0.717) is 25.0 Å². The molecule has 2 N–H and O–H groups in total. The fraction of sp³-hybridized carbons (Fsp3) is 0.476. The summed E-state index contributed by atoms with van der Waals surface area (Å²) in [6.07, 6.45) is -2.43. The van der Waals surface area contributed by atoms with Crippen molar-refractivity contribution in [3.8, 4) is 0 Å². The molecule has 0 fully saturated rings. The van der Waals surface area contributed by atoms with Crippen LogP contribution in [0.1, 0.15) is 46.9 Å². The number of carbonyl (C=O) groups excluding carboxylic acids is 1. The van der Waals surface area contributed by atoms with Crippen molar-refractivity contribution in [1.82, 2.24) is 25.3 Å². The number of hydrogen-bond acceptors (Lipinski definition) is 3. The first kappa shape index (κ1) is 27.7. The first-order valence-corrected chi connectivity index (χ1v) is 9.92. The average Bonchev–Trinajstić information content (AvgIpc) is 3.07. The number of nitrogens with one attached hydrogen (secondary N) is 2. The van der Waals surface area contributed by atoms with Crippen molar-refractivity contribution in [3.05, 3.63) is 52.8 Å². The van der Waals surface area contributed by atoms with Crippen molar-refractivity contribution < 1.29 is 18.0 Å². The number of amides is 1. The topological polar surface area (TPSA) is 74.6 Å². The summed E-state index contributed by atoms with van der Waals surface area (Å²) < 4.78 is 39.6. The van der Waals surface area contributed by atoms with Gasteiger partial charge in [-0.05, 0) is 30.2 Å². The van der Waals surface area contributed by atoms with E-state index in [2.05, 4.69) is 34.6 Å². The Hall–Kier alpha value is -2.31. The number of aromatic nitrogens is 2. The molecule has 11 heteroatoms. The summed E-state index contributed by atoms with van der Waals surface area (Å²) in [5.41, 5.74) is 1.53. The Morgan fingerprint density at radius 1 is 1.19 bits per heavy atom. The maximum atomic E-state index is 12.6. The minimum Gasteiger partial charge on any atom is -0.354 e. The molecule has 0 aliphatic heterocycles. The number of carbonyl (C=O) groups is 1. The van der Waals surface area contributed by atoms with E-state index in [9.17, 15) is 18.0 Å². The van der Waals surface area contributed by atoms with Crippen molar-refractivity contribution in [1.29, 1.82) is 0 Å². The maximum Gasteiger partial charge on any atom is 0.416 e. The smallest absolute Gasteiger partial charge is 0.354 e. The standard InChI is InChI=1S/C21H29F3N6O.HI/c1-14(2)18-16(13-30(5)28-18)12-29(4)20(25-3)27-11-10-26-19(31)15-6-8-17(9-7-15)21(22,23)24;/h6-9,13-14H,10-12H2,1-5H3,(H,25,27)(H,26,31);1H. The molecule has 2 rings (SSSR count). The molecular formula is C21H30F3IN6O. The third kappa shape index (κ3) is 7.68. The van der Waals surface area contributed by atoms with Crippen LogP contribution in [0.25, 0.3) is 0 Å². The van der Waals surface area contributed by atoms with Gasteiger partial charge in [0.2, 0.25) is 0 Å². The molecule has 7 nitrogen and oxygen atoms in total. The largest absolute Gasteiger partial charge is 0.416 e. The van der Waals surface area contributed by atoms with Gasteiger partial charge in [-0.3, -0.25) is 14.5 Å². The van der Waals surface area contributed by atoms with E-state index in [4.69, 9.17) is 0 Å². The van der Waals surface area contributed by atoms with Crippen molar-refractivity contribution >= 4 is 35.8 Å². The summed E-state index contributed by atoms with van der Waals surface area (Å²) in [7, 11) is 5.47. The first-order valence-electron chi connectivity index (χ1n) is 9.92. The SMILES string of the molecule is CN=C(NCCNC(=O)c1ccc(C(F)(F)F)cc1)N(C)Cc1cn(C)nc1C(C)C.I. The molecule has 0 saturated carbocycles. The van der Waals surface area contributed by atoms with E-state index in [1.807, 2.05) is 25.2 Å². The predicted octanol–water partition coefficient (Wildman–Crippen LogP) is 3.62. The normalized spacial score (nSPS) is 11.8. The highest BCUT2D eigenvalue weighted by molar-refractivity contribution is 14.0. The molecule has 32 heavy (non-hydrogen) atoms. The van der Waals surface area contributed by atoms with Crippen LogP contribution >= 0.6 is 24.0 Å². The molecule has 0 bridgehead atoms. The molecular weight excluding hydrogens is 536 g/mol. The maximum absolute atomic E-state index is 12.6. The number of aliphatic imine (C=N–C) groups is 1. The quantitative estimate of drug-likeness (QED) is 0.233. The van der Waals surface area contributed by atoms with E-state index in [1.165, 1.54) is 12.1 Å². The zero-order valence-corrected chi connectivity index (χ0v) is 21.2. The van der Waals surface area contributed by atoms with E-state index < -0.39 is 17.6 Å². The molecule has 0 aliphatic carbocycles. The number of nitrogens with zero attached hydrogens (tertiary/aromatic N) is 4. The van der Waals surface area contributed by atoms with Gasteiger partial charge in [-0.2, -0.15) is 18.3 Å². The minimum atomic E-state index is -4.42. The second-order valence-electron chi connectivity index (χ2n) is 7.53. The van der Waals surface area contributed by atoms with Gasteiger partial charge in [-0.25, -0.2) is 0 Å². The molecule has 0 saturated heterocycles. The van der Waals surface area contributed by atoms with Gasteiger partial charge in [0.05, 0.1) is 11.3 Å². The first-order chi connectivity index (χ1) is 14.5. The molecule has 0 atom stereocenters. The highest BCUT2D eigenvalue weighted by atomic mass is 127. The Labute approximate surface area is 203 Å². The van der Waals surface area contributed by atoms with Gasteiger partial charge in [0, 0.05) is 58.1 Å². The van der Waals surface area contributed by atoms with E-state index in [1.54, 1.807) is 11.7 Å².